The second kappa shape index (κ2) is 14.4. The molecule has 38 heavy (non-hydrogen) atoms. The van der Waals surface area contributed by atoms with Gasteiger partial charge in [0.1, 0.15) is 0 Å². The molecule has 1 saturated heterocycles. The normalized spacial score (nSPS) is 24.9. The molecular formula is C29H43F7OSi. The number of benzene rings is 1. The van der Waals surface area contributed by atoms with Crippen LogP contribution in [0, 0.1) is 29.4 Å². The van der Waals surface area contributed by atoms with Crippen molar-refractivity contribution in [3.63, 3.8) is 0 Å². The molecule has 0 spiro atoms. The number of rotatable bonds is 13. The first-order valence-corrected chi connectivity index (χ1v) is 17.0. The fourth-order valence-electron chi connectivity index (χ4n) is 6.48. The Hall–Kier alpha value is -1.25. The lowest BCUT2D eigenvalue weighted by Gasteiger charge is -2.37. The van der Waals surface area contributed by atoms with Gasteiger partial charge in [-0.15, -0.1) is 0 Å². The molecule has 1 heterocycles. The van der Waals surface area contributed by atoms with Crippen LogP contribution in [0.5, 0.6) is 5.75 Å². The number of hydrogen-bond acceptors (Lipinski definition) is 1. The highest BCUT2D eigenvalue weighted by molar-refractivity contribution is 6.58. The first kappa shape index (κ1) is 31.3. The van der Waals surface area contributed by atoms with Crippen molar-refractivity contribution in [3.8, 4) is 5.75 Å². The highest BCUT2D eigenvalue weighted by Gasteiger charge is 2.58. The van der Waals surface area contributed by atoms with Crippen LogP contribution in [0.4, 0.5) is 30.7 Å². The van der Waals surface area contributed by atoms with Crippen LogP contribution in [-0.2, 0) is 6.42 Å². The number of unbranched alkanes of at least 4 members (excludes halogenated alkanes) is 3. The van der Waals surface area contributed by atoms with E-state index in [4.69, 9.17) is 0 Å². The summed E-state index contributed by atoms with van der Waals surface area (Å²) in [5, 5.41) is 0. The molecule has 1 aliphatic heterocycles. The third-order valence-electron chi connectivity index (χ3n) is 8.86. The second-order valence-electron chi connectivity index (χ2n) is 11.7. The number of halogens is 7. The van der Waals surface area contributed by atoms with Crippen LogP contribution < -0.4 is 4.74 Å². The van der Waals surface area contributed by atoms with Gasteiger partial charge in [-0.25, -0.2) is 8.78 Å². The quantitative estimate of drug-likeness (QED) is 0.131. The summed E-state index contributed by atoms with van der Waals surface area (Å²) in [6.07, 6.45) is 9.54. The molecule has 9 heteroatoms. The predicted molar refractivity (Wildman–Crippen MR) is 140 cm³/mol. The average Bonchev–Trinajstić information content (AvgIpc) is 2.86. The van der Waals surface area contributed by atoms with Crippen molar-refractivity contribution in [2.75, 3.05) is 6.61 Å². The molecule has 0 radical (unpaired) electrons. The summed E-state index contributed by atoms with van der Waals surface area (Å²) < 4.78 is 95.3. The van der Waals surface area contributed by atoms with Gasteiger partial charge in [0, 0.05) is 8.80 Å². The summed E-state index contributed by atoms with van der Waals surface area (Å²) in [6, 6.07) is 6.55. The van der Waals surface area contributed by atoms with Gasteiger partial charge >= 0.3 is 12.1 Å². The lowest BCUT2D eigenvalue weighted by molar-refractivity contribution is -0.290. The molecule has 0 aromatic heterocycles. The molecule has 0 amide bonds. The van der Waals surface area contributed by atoms with E-state index < -0.39 is 44.9 Å². The Morgan fingerprint density at radius 1 is 0.816 bits per heavy atom. The van der Waals surface area contributed by atoms with E-state index in [1.807, 2.05) is 0 Å². The fraction of sp³-hybridized carbons (Fsp3) is 0.793. The second-order valence-corrected chi connectivity index (χ2v) is 15.1. The predicted octanol–water partition coefficient (Wildman–Crippen LogP) is 9.89. The largest absolute Gasteiger partial charge is 0.481 e. The van der Waals surface area contributed by atoms with E-state index >= 15 is 0 Å². The Morgan fingerprint density at radius 2 is 1.42 bits per heavy atom. The van der Waals surface area contributed by atoms with Crippen LogP contribution in [0.15, 0.2) is 12.1 Å². The van der Waals surface area contributed by atoms with E-state index in [0.29, 0.717) is 17.9 Å². The third-order valence-corrected chi connectivity index (χ3v) is 12.4. The van der Waals surface area contributed by atoms with Gasteiger partial charge in [0.25, 0.3) is 0 Å². The summed E-state index contributed by atoms with van der Waals surface area (Å²) in [7, 11) is -0.460. The summed E-state index contributed by atoms with van der Waals surface area (Å²) in [5.41, 5.74) is 0.340. The number of alkyl halides is 5. The van der Waals surface area contributed by atoms with E-state index in [-0.39, 0.29) is 0 Å². The third kappa shape index (κ3) is 9.15. The van der Waals surface area contributed by atoms with Crippen molar-refractivity contribution in [1.82, 2.24) is 0 Å². The Morgan fingerprint density at radius 3 is 2.00 bits per heavy atom. The van der Waals surface area contributed by atoms with Crippen molar-refractivity contribution in [2.45, 2.75) is 121 Å². The molecule has 0 unspecified atom stereocenters. The number of aryl methyl sites for hydroxylation is 1. The van der Waals surface area contributed by atoms with Gasteiger partial charge in [-0.2, -0.15) is 22.0 Å². The molecule has 1 saturated carbocycles. The molecule has 3 rings (SSSR count). The highest BCUT2D eigenvalue weighted by atomic mass is 28.3. The topological polar surface area (TPSA) is 9.23 Å². The maximum absolute atomic E-state index is 14.2. The molecule has 0 atom stereocenters. The lowest BCUT2D eigenvalue weighted by atomic mass is 9.73. The van der Waals surface area contributed by atoms with Crippen LogP contribution in [0.1, 0.15) is 89.5 Å². The molecule has 1 aromatic carbocycles. The molecular weight excluding hydrogens is 525 g/mol. The Kier molecular flexibility index (Phi) is 11.9. The minimum absolute atomic E-state index is 0.340. The van der Waals surface area contributed by atoms with E-state index in [2.05, 4.69) is 11.7 Å². The maximum Gasteiger partial charge on any atom is 0.456 e. The zero-order valence-corrected chi connectivity index (χ0v) is 23.7. The van der Waals surface area contributed by atoms with Gasteiger partial charge in [0.05, 0.1) is 0 Å². The summed E-state index contributed by atoms with van der Waals surface area (Å²) in [6.45, 7) is 0.102. The van der Waals surface area contributed by atoms with Gasteiger partial charge in [-0.05, 0) is 61.1 Å². The molecule has 1 aromatic rings. The Bertz CT molecular complexity index is 821. The van der Waals surface area contributed by atoms with Crippen LogP contribution in [-0.4, -0.2) is 27.5 Å². The van der Waals surface area contributed by atoms with Gasteiger partial charge < -0.3 is 4.74 Å². The van der Waals surface area contributed by atoms with E-state index in [1.54, 1.807) is 18.1 Å². The van der Waals surface area contributed by atoms with Crippen LogP contribution in [0.3, 0.4) is 0 Å². The molecule has 218 valence electrons. The lowest BCUT2D eigenvalue weighted by Crippen LogP contribution is -2.42. The molecule has 0 bridgehead atoms. The van der Waals surface area contributed by atoms with Crippen LogP contribution >= 0.6 is 0 Å². The molecule has 1 aliphatic carbocycles. The fourth-order valence-corrected chi connectivity index (χ4v) is 10.0. The molecule has 0 N–H and O–H groups in total. The van der Waals surface area contributed by atoms with Crippen LogP contribution in [0.25, 0.3) is 0 Å². The average molecular weight is 569 g/mol. The van der Waals surface area contributed by atoms with E-state index in [1.165, 1.54) is 57.8 Å². The van der Waals surface area contributed by atoms with Crippen molar-refractivity contribution in [1.29, 1.82) is 0 Å². The van der Waals surface area contributed by atoms with Crippen molar-refractivity contribution >= 4 is 8.80 Å². The summed E-state index contributed by atoms with van der Waals surface area (Å²) in [4.78, 5) is 0. The first-order valence-electron chi connectivity index (χ1n) is 14.6. The maximum atomic E-state index is 14.2. The summed E-state index contributed by atoms with van der Waals surface area (Å²) >= 11 is 0. The zero-order valence-electron chi connectivity index (χ0n) is 22.5. The van der Waals surface area contributed by atoms with Gasteiger partial charge in [0.15, 0.2) is 24.0 Å². The van der Waals surface area contributed by atoms with Crippen molar-refractivity contribution in [3.05, 3.63) is 29.3 Å². The van der Waals surface area contributed by atoms with Crippen molar-refractivity contribution in [2.24, 2.45) is 17.8 Å². The molecule has 2 aliphatic rings. The van der Waals surface area contributed by atoms with Crippen molar-refractivity contribution < 1.29 is 35.5 Å². The standard InChI is InChI=1S/C29H43F7OSi/c1-2-3-6-15-38-16-13-24(14-17-38)23-11-9-21(10-12-23)7-4-5-8-22-18-25(30)27(26(31)19-22)37-20-28(32,33)29(34,35)36/h18-19,21,23-24,38H,2-17,20H2,1H3/t21-,23-,24?,38?. The Balaban J connectivity index is 1.33. The number of ether oxygens (including phenoxy) is 1. The minimum atomic E-state index is -5.85. The van der Waals surface area contributed by atoms with E-state index in [0.717, 1.165) is 43.2 Å². The molecule has 2 fully saturated rings. The Labute approximate surface area is 224 Å². The highest BCUT2D eigenvalue weighted by Crippen LogP contribution is 2.42. The van der Waals surface area contributed by atoms with Gasteiger partial charge in [0.2, 0.25) is 0 Å². The molecule has 1 nitrogen and oxygen atoms in total. The van der Waals surface area contributed by atoms with E-state index in [9.17, 15) is 30.7 Å². The summed E-state index contributed by atoms with van der Waals surface area (Å²) in [5.74, 6) is -6.42. The van der Waals surface area contributed by atoms with Gasteiger partial charge in [-0.1, -0.05) is 82.8 Å². The minimum Gasteiger partial charge on any atom is -0.481 e. The monoisotopic (exact) mass is 568 g/mol. The number of hydrogen-bond donors (Lipinski definition) is 0. The first-order chi connectivity index (χ1) is 18.0. The van der Waals surface area contributed by atoms with Crippen LogP contribution in [0.2, 0.25) is 18.1 Å². The SMILES string of the molecule is CCCCC[SiH]1CCC([C@H]2CC[C@H](CCCCc3cc(F)c(OCC(F)(F)C(F)(F)F)c(F)c3)CC2)CC1. The zero-order chi connectivity index (χ0) is 27.8. The smallest absolute Gasteiger partial charge is 0.456 e. The van der Waals surface area contributed by atoms with Gasteiger partial charge in [-0.3, -0.25) is 0 Å².